The first-order chi connectivity index (χ1) is 15.7. The summed E-state index contributed by atoms with van der Waals surface area (Å²) in [5.41, 5.74) is -1.64. The second-order valence-corrected chi connectivity index (χ2v) is 12.4. The zero-order valence-corrected chi connectivity index (χ0v) is 20.8. The van der Waals surface area contributed by atoms with Gasteiger partial charge in [0.15, 0.2) is 0 Å². The van der Waals surface area contributed by atoms with Gasteiger partial charge in [-0.05, 0) is 51.0 Å². The molecular weight excluding hydrogens is 422 g/mol. The SMILES string of the molecule is CCN1C[C@]2(COC)CC[C@H](O)[C@@]34C5C[C@@H]6[C@@H](OC)C[C@@](O)(C5[C@H]6OC(C)=O)[C@@H](CC23)[C@@]14C. The molecule has 5 saturated carbocycles. The fraction of sp³-hybridized carbons (Fsp3) is 0.962. The molecule has 7 nitrogen and oxygen atoms in total. The molecule has 1 aliphatic heterocycles. The Labute approximate surface area is 197 Å². The molecule has 0 radical (unpaired) electrons. The van der Waals surface area contributed by atoms with Crippen LogP contribution in [0.4, 0.5) is 0 Å². The van der Waals surface area contributed by atoms with Gasteiger partial charge < -0.3 is 24.4 Å². The fourth-order valence-electron chi connectivity index (χ4n) is 11.4. The topological polar surface area (TPSA) is 88.5 Å². The normalized spacial score (nSPS) is 58.4. The number of esters is 1. The third-order valence-corrected chi connectivity index (χ3v) is 11.9. The largest absolute Gasteiger partial charge is 0.462 e. The number of carbonyl (C=O) groups excluding carboxylic acids is 1. The third kappa shape index (κ3) is 2.29. The lowest BCUT2D eigenvalue weighted by Crippen LogP contribution is -2.81. The Morgan fingerprint density at radius 2 is 1.97 bits per heavy atom. The summed E-state index contributed by atoms with van der Waals surface area (Å²) in [6.07, 6.45) is 3.13. The number of hydrogen-bond donors (Lipinski definition) is 2. The average molecular weight is 464 g/mol. The molecule has 5 aliphatic carbocycles. The maximum absolute atomic E-state index is 12.7. The minimum atomic E-state index is -0.980. The van der Waals surface area contributed by atoms with Crippen LogP contribution in [0.3, 0.4) is 0 Å². The van der Waals surface area contributed by atoms with Crippen LogP contribution < -0.4 is 0 Å². The number of likely N-dealkylation sites (tertiary alicyclic amines) is 1. The van der Waals surface area contributed by atoms with Crippen molar-refractivity contribution in [3.05, 3.63) is 0 Å². The number of rotatable bonds is 5. The minimum Gasteiger partial charge on any atom is -0.462 e. The van der Waals surface area contributed by atoms with E-state index in [-0.39, 0.29) is 58.2 Å². The molecule has 2 N–H and O–H groups in total. The summed E-state index contributed by atoms with van der Waals surface area (Å²) >= 11 is 0. The molecule has 3 unspecified atom stereocenters. The van der Waals surface area contributed by atoms with Crippen LogP contribution in [0.15, 0.2) is 0 Å². The Hall–Kier alpha value is -0.730. The smallest absolute Gasteiger partial charge is 0.302 e. The standard InChI is InChI=1S/C26H41NO6/c1-6-27-12-24(13-31-4)8-7-20(29)26-16-9-15-17(32-5)11-25(30,21(16)22(15)33-14(2)28)18(10-19(24)26)23(26,27)3/h15-22,29-30H,6-13H2,1-5H3/t15-,16?,17+,18+,19?,20+,21?,22+,23-,24+,25+,26-/m1/s1. The molecule has 6 fully saturated rings. The lowest BCUT2D eigenvalue weighted by Gasteiger charge is -2.73. The van der Waals surface area contributed by atoms with E-state index >= 15 is 0 Å². The molecule has 0 aromatic rings. The van der Waals surface area contributed by atoms with Gasteiger partial charge >= 0.3 is 5.97 Å². The van der Waals surface area contributed by atoms with Crippen molar-refractivity contribution >= 4 is 5.97 Å². The summed E-state index contributed by atoms with van der Waals surface area (Å²) in [7, 11) is 3.51. The van der Waals surface area contributed by atoms with Crippen LogP contribution in [0.25, 0.3) is 0 Å². The van der Waals surface area contributed by atoms with Gasteiger partial charge in [-0.3, -0.25) is 9.69 Å². The number of hydrogen-bond acceptors (Lipinski definition) is 7. The Balaban J connectivity index is 1.60. The maximum Gasteiger partial charge on any atom is 0.302 e. The highest BCUT2D eigenvalue weighted by Crippen LogP contribution is 2.82. The van der Waals surface area contributed by atoms with Gasteiger partial charge in [-0.25, -0.2) is 0 Å². The van der Waals surface area contributed by atoms with Gasteiger partial charge in [0.1, 0.15) is 6.10 Å². The van der Waals surface area contributed by atoms with Gasteiger partial charge in [0.05, 0.1) is 24.4 Å². The van der Waals surface area contributed by atoms with Crippen LogP contribution in [0.1, 0.15) is 52.9 Å². The predicted molar refractivity (Wildman–Crippen MR) is 120 cm³/mol. The van der Waals surface area contributed by atoms with Crippen molar-refractivity contribution < 1.29 is 29.2 Å². The van der Waals surface area contributed by atoms with Crippen molar-refractivity contribution in [3.63, 3.8) is 0 Å². The van der Waals surface area contributed by atoms with Gasteiger partial charge in [0, 0.05) is 68.2 Å². The fourth-order valence-corrected chi connectivity index (χ4v) is 11.4. The summed E-state index contributed by atoms with van der Waals surface area (Å²) < 4.78 is 17.8. The average Bonchev–Trinajstić information content (AvgIpc) is 3.16. The first-order valence-electron chi connectivity index (χ1n) is 13.0. The number of ether oxygens (including phenoxy) is 3. The van der Waals surface area contributed by atoms with Gasteiger partial charge in [0.25, 0.3) is 0 Å². The molecule has 0 amide bonds. The number of methoxy groups -OCH3 is 2. The van der Waals surface area contributed by atoms with Crippen LogP contribution in [0.5, 0.6) is 0 Å². The molecule has 0 aromatic heterocycles. The molecule has 12 atom stereocenters. The quantitative estimate of drug-likeness (QED) is 0.602. The summed E-state index contributed by atoms with van der Waals surface area (Å²) in [5.74, 6) is 0.00605. The number of aliphatic hydroxyl groups excluding tert-OH is 1. The van der Waals surface area contributed by atoms with Crippen molar-refractivity contribution in [2.75, 3.05) is 33.9 Å². The Morgan fingerprint density at radius 1 is 1.21 bits per heavy atom. The Morgan fingerprint density at radius 3 is 2.61 bits per heavy atom. The summed E-state index contributed by atoms with van der Waals surface area (Å²) in [6, 6.07) is 0. The molecule has 7 bridgehead atoms. The maximum atomic E-state index is 12.7. The number of fused-ring (bicyclic) bond motifs is 2. The van der Waals surface area contributed by atoms with Gasteiger partial charge in [-0.15, -0.1) is 0 Å². The molecule has 6 rings (SSSR count). The van der Waals surface area contributed by atoms with Crippen molar-refractivity contribution in [1.29, 1.82) is 0 Å². The zero-order chi connectivity index (χ0) is 23.6. The Kier molecular flexibility index (Phi) is 4.77. The molecule has 33 heavy (non-hydrogen) atoms. The van der Waals surface area contributed by atoms with E-state index in [2.05, 4.69) is 18.7 Å². The van der Waals surface area contributed by atoms with E-state index in [1.54, 1.807) is 14.2 Å². The number of piperidine rings is 1. The van der Waals surface area contributed by atoms with E-state index in [9.17, 15) is 15.0 Å². The molecule has 1 heterocycles. The molecule has 0 aromatic carbocycles. The second-order valence-electron chi connectivity index (χ2n) is 12.4. The first-order valence-corrected chi connectivity index (χ1v) is 13.0. The number of nitrogens with zero attached hydrogens (tertiary/aromatic N) is 1. The zero-order valence-electron chi connectivity index (χ0n) is 20.8. The first kappa shape index (κ1) is 22.7. The molecular formula is C26H41NO6. The number of aliphatic hydroxyl groups is 2. The lowest BCUT2D eigenvalue weighted by atomic mass is 9.39. The third-order valence-electron chi connectivity index (χ3n) is 11.9. The van der Waals surface area contributed by atoms with Crippen LogP contribution in [-0.2, 0) is 19.0 Å². The van der Waals surface area contributed by atoms with E-state index in [0.29, 0.717) is 18.9 Å². The molecule has 6 aliphatic rings. The molecule has 1 saturated heterocycles. The van der Waals surface area contributed by atoms with Gasteiger partial charge in [-0.1, -0.05) is 6.92 Å². The van der Waals surface area contributed by atoms with Crippen LogP contribution >= 0.6 is 0 Å². The van der Waals surface area contributed by atoms with Gasteiger partial charge in [0.2, 0.25) is 0 Å². The highest BCUT2D eigenvalue weighted by molar-refractivity contribution is 5.66. The molecule has 7 heteroatoms. The highest BCUT2D eigenvalue weighted by Gasteiger charge is 2.87. The van der Waals surface area contributed by atoms with Crippen LogP contribution in [0.2, 0.25) is 0 Å². The predicted octanol–water partition coefficient (Wildman–Crippen LogP) is 1.84. The van der Waals surface area contributed by atoms with E-state index in [1.165, 1.54) is 6.92 Å². The second kappa shape index (κ2) is 6.94. The molecule has 1 spiro atoms. The van der Waals surface area contributed by atoms with Crippen molar-refractivity contribution in [1.82, 2.24) is 4.90 Å². The van der Waals surface area contributed by atoms with Crippen LogP contribution in [-0.4, -0.2) is 84.5 Å². The Bertz CT molecular complexity index is 853. The lowest BCUT2D eigenvalue weighted by molar-refractivity contribution is -0.304. The summed E-state index contributed by atoms with van der Waals surface area (Å²) in [4.78, 5) is 14.8. The van der Waals surface area contributed by atoms with E-state index in [4.69, 9.17) is 14.2 Å². The van der Waals surface area contributed by atoms with Crippen molar-refractivity contribution in [3.8, 4) is 0 Å². The van der Waals surface area contributed by atoms with Crippen LogP contribution in [0, 0.1) is 40.4 Å². The highest BCUT2D eigenvalue weighted by atomic mass is 16.5. The molecule has 186 valence electrons. The summed E-state index contributed by atoms with van der Waals surface area (Å²) in [5, 5.41) is 24.7. The van der Waals surface area contributed by atoms with Crippen molar-refractivity contribution in [2.24, 2.45) is 40.4 Å². The number of carbonyl (C=O) groups is 1. The van der Waals surface area contributed by atoms with Gasteiger partial charge in [-0.2, -0.15) is 0 Å². The minimum absolute atomic E-state index is 0.00237. The van der Waals surface area contributed by atoms with E-state index in [1.807, 2.05) is 0 Å². The van der Waals surface area contributed by atoms with E-state index < -0.39 is 11.7 Å². The van der Waals surface area contributed by atoms with E-state index in [0.717, 1.165) is 38.8 Å². The van der Waals surface area contributed by atoms with Crippen molar-refractivity contribution in [2.45, 2.75) is 82.3 Å². The summed E-state index contributed by atoms with van der Waals surface area (Å²) in [6.45, 7) is 8.56. The monoisotopic (exact) mass is 463 g/mol.